The molecule has 0 aliphatic carbocycles. The average Bonchev–Trinajstić information content (AvgIpc) is 2.26. The number of nitrogens with zero attached hydrogens (tertiary/aromatic N) is 2. The molecule has 7 nitrogen and oxygen atoms in total. The number of nitriles is 1. The number of carbonyl (C=O) groups excluding carboxylic acids is 1. The summed E-state index contributed by atoms with van der Waals surface area (Å²) in [6.45, 7) is 1.64. The number of carboxylic acids is 1. The first-order chi connectivity index (χ1) is 7.56. The molecule has 3 N–H and O–H groups in total. The summed E-state index contributed by atoms with van der Waals surface area (Å²) in [5.74, 6) is -1.30. The molecule has 0 unspecified atom stereocenters. The molecule has 7 heteroatoms. The van der Waals surface area contributed by atoms with E-state index in [0.29, 0.717) is 6.54 Å². The average molecular weight is 229 g/mol. The van der Waals surface area contributed by atoms with Crippen molar-refractivity contribution in [1.29, 1.82) is 5.26 Å². The number of urea groups is 1. The van der Waals surface area contributed by atoms with Crippen molar-refractivity contribution in [2.24, 2.45) is 0 Å². The molecule has 0 saturated carbocycles. The summed E-state index contributed by atoms with van der Waals surface area (Å²) < 4.78 is 0. The second-order valence-electron chi connectivity index (χ2n) is 3.01. The van der Waals surface area contributed by atoms with Gasteiger partial charge in [-0.05, 0) is 6.92 Å². The molecule has 2 amide bonds. The molecule has 1 atom stereocenters. The Balaban J connectivity index is 4.29. The predicted octanol–water partition coefficient (Wildman–Crippen LogP) is -0.623. The highest BCUT2D eigenvalue weighted by Crippen LogP contribution is 1.94. The minimum absolute atomic E-state index is 0.179. The third kappa shape index (κ3) is 4.61. The topological polar surface area (TPSA) is 114 Å². The first-order valence-electron chi connectivity index (χ1n) is 4.82. The van der Waals surface area contributed by atoms with Gasteiger partial charge in [0.25, 0.3) is 0 Å². The number of hydrogen-bond acceptors (Lipinski definition) is 4. The predicted molar refractivity (Wildman–Crippen MR) is 54.5 cm³/mol. The molecule has 90 valence electrons. The highest BCUT2D eigenvalue weighted by molar-refractivity contribution is 5.82. The lowest BCUT2D eigenvalue weighted by atomic mass is 10.3. The van der Waals surface area contributed by atoms with Crippen molar-refractivity contribution in [2.45, 2.75) is 19.4 Å². The van der Waals surface area contributed by atoms with Gasteiger partial charge in [-0.3, -0.25) is 0 Å². The quantitative estimate of drug-likeness (QED) is 0.561. The van der Waals surface area contributed by atoms with Crippen LogP contribution in [0.2, 0.25) is 0 Å². The third-order valence-electron chi connectivity index (χ3n) is 1.94. The zero-order chi connectivity index (χ0) is 12.6. The molecule has 0 rings (SSSR count). The van der Waals surface area contributed by atoms with Gasteiger partial charge in [0.15, 0.2) is 6.04 Å². The van der Waals surface area contributed by atoms with Crippen molar-refractivity contribution in [2.75, 3.05) is 19.7 Å². The lowest BCUT2D eigenvalue weighted by molar-refractivity contribution is -0.140. The van der Waals surface area contributed by atoms with Crippen molar-refractivity contribution in [3.63, 3.8) is 0 Å². The summed E-state index contributed by atoms with van der Waals surface area (Å²) in [6.07, 6.45) is 0.179. The van der Waals surface area contributed by atoms with Gasteiger partial charge in [0, 0.05) is 13.1 Å². The highest BCUT2D eigenvalue weighted by atomic mass is 16.4. The Morgan fingerprint density at radius 3 is 2.56 bits per heavy atom. The molecule has 0 aliphatic rings. The van der Waals surface area contributed by atoms with Gasteiger partial charge in [0.2, 0.25) is 0 Å². The smallest absolute Gasteiger partial charge is 0.328 e. The number of aliphatic hydroxyl groups excluding tert-OH is 1. The number of aliphatic carboxylic acids is 1. The Morgan fingerprint density at radius 2 is 2.19 bits per heavy atom. The SMILES string of the molecule is CCN(CCC#N)C(=O)N[C@H](CO)C(=O)O. The van der Waals surface area contributed by atoms with E-state index < -0.39 is 24.6 Å². The molecular weight excluding hydrogens is 214 g/mol. The fraction of sp³-hybridized carbons (Fsp3) is 0.667. The molecule has 0 aromatic heterocycles. The van der Waals surface area contributed by atoms with Crippen LogP contribution in [0.4, 0.5) is 4.79 Å². The Bertz CT molecular complexity index is 287. The maximum absolute atomic E-state index is 11.5. The van der Waals surface area contributed by atoms with Crippen LogP contribution in [0.15, 0.2) is 0 Å². The molecule has 0 spiro atoms. The summed E-state index contributed by atoms with van der Waals surface area (Å²) in [6, 6.07) is -0.0240. The van der Waals surface area contributed by atoms with Gasteiger partial charge in [-0.1, -0.05) is 0 Å². The fourth-order valence-corrected chi connectivity index (χ4v) is 1.01. The highest BCUT2D eigenvalue weighted by Gasteiger charge is 2.21. The number of hydrogen-bond donors (Lipinski definition) is 3. The molecule has 0 aliphatic heterocycles. The zero-order valence-corrected chi connectivity index (χ0v) is 9.01. The minimum atomic E-state index is -1.32. The van der Waals surface area contributed by atoms with Gasteiger partial charge >= 0.3 is 12.0 Å². The second-order valence-corrected chi connectivity index (χ2v) is 3.01. The van der Waals surface area contributed by atoms with Crippen molar-refractivity contribution in [3.8, 4) is 6.07 Å². The molecule has 0 bridgehead atoms. The van der Waals surface area contributed by atoms with E-state index >= 15 is 0 Å². The Labute approximate surface area is 93.3 Å². The molecule has 0 aromatic rings. The first kappa shape index (κ1) is 14.2. The Morgan fingerprint density at radius 1 is 1.56 bits per heavy atom. The van der Waals surface area contributed by atoms with Crippen LogP contribution in [-0.4, -0.2) is 52.9 Å². The van der Waals surface area contributed by atoms with Crippen molar-refractivity contribution in [3.05, 3.63) is 0 Å². The van der Waals surface area contributed by atoms with Gasteiger partial charge in [-0.2, -0.15) is 5.26 Å². The second kappa shape index (κ2) is 7.48. The van der Waals surface area contributed by atoms with E-state index in [1.807, 2.05) is 6.07 Å². The lowest BCUT2D eigenvalue weighted by Crippen LogP contribution is -2.49. The Hall–Kier alpha value is -1.81. The van der Waals surface area contributed by atoms with Gasteiger partial charge in [0.05, 0.1) is 19.1 Å². The number of carboxylic acid groups (broad SMARTS) is 1. The summed E-state index contributed by atoms with van der Waals surface area (Å²) in [5.41, 5.74) is 0. The number of amides is 2. The molecule has 0 radical (unpaired) electrons. The van der Waals surface area contributed by atoms with E-state index in [1.165, 1.54) is 4.90 Å². The molecule has 0 aromatic carbocycles. The van der Waals surface area contributed by atoms with Crippen molar-refractivity contribution >= 4 is 12.0 Å². The fourth-order valence-electron chi connectivity index (χ4n) is 1.01. The van der Waals surface area contributed by atoms with Gasteiger partial charge in [-0.25, -0.2) is 9.59 Å². The number of rotatable bonds is 6. The van der Waals surface area contributed by atoms with Gasteiger partial charge in [0.1, 0.15) is 0 Å². The third-order valence-corrected chi connectivity index (χ3v) is 1.94. The standard InChI is InChI=1S/C9H15N3O4/c1-2-12(5-3-4-10)9(16)11-7(6-13)8(14)15/h7,13H,2-3,5-6H2,1H3,(H,11,16)(H,14,15)/t7-/m1/s1. The minimum Gasteiger partial charge on any atom is -0.480 e. The van der Waals surface area contributed by atoms with Crippen LogP contribution in [0.3, 0.4) is 0 Å². The summed E-state index contributed by atoms with van der Waals surface area (Å²) >= 11 is 0. The number of aliphatic hydroxyl groups is 1. The Kier molecular flexibility index (Phi) is 6.63. The molecule has 0 fully saturated rings. The van der Waals surface area contributed by atoms with E-state index in [0.717, 1.165) is 0 Å². The van der Waals surface area contributed by atoms with Crippen molar-refractivity contribution < 1.29 is 19.8 Å². The number of nitrogens with one attached hydrogen (secondary N) is 1. The lowest BCUT2D eigenvalue weighted by Gasteiger charge is -2.22. The van der Waals surface area contributed by atoms with Gasteiger partial charge in [-0.15, -0.1) is 0 Å². The number of carbonyl (C=O) groups is 2. The van der Waals surface area contributed by atoms with Crippen LogP contribution in [0.5, 0.6) is 0 Å². The van der Waals surface area contributed by atoms with Crippen LogP contribution in [0.25, 0.3) is 0 Å². The van der Waals surface area contributed by atoms with Crippen molar-refractivity contribution in [1.82, 2.24) is 10.2 Å². The maximum Gasteiger partial charge on any atom is 0.328 e. The normalized spacial score (nSPS) is 11.3. The van der Waals surface area contributed by atoms with E-state index in [1.54, 1.807) is 6.92 Å². The van der Waals surface area contributed by atoms with Crippen LogP contribution in [0.1, 0.15) is 13.3 Å². The van der Waals surface area contributed by atoms with E-state index in [9.17, 15) is 9.59 Å². The van der Waals surface area contributed by atoms with Crippen LogP contribution in [0, 0.1) is 11.3 Å². The molecule has 16 heavy (non-hydrogen) atoms. The van der Waals surface area contributed by atoms with Crippen LogP contribution in [-0.2, 0) is 4.79 Å². The maximum atomic E-state index is 11.5. The summed E-state index contributed by atoms with van der Waals surface area (Å²) in [5, 5.41) is 27.8. The van der Waals surface area contributed by atoms with Crippen LogP contribution >= 0.6 is 0 Å². The van der Waals surface area contributed by atoms with Gasteiger partial charge < -0.3 is 20.4 Å². The molecular formula is C9H15N3O4. The van der Waals surface area contributed by atoms with E-state index in [2.05, 4.69) is 5.32 Å². The molecule has 0 saturated heterocycles. The largest absolute Gasteiger partial charge is 0.480 e. The summed E-state index contributed by atoms with van der Waals surface area (Å²) in [7, 11) is 0. The van der Waals surface area contributed by atoms with E-state index in [-0.39, 0.29) is 13.0 Å². The van der Waals surface area contributed by atoms with E-state index in [4.69, 9.17) is 15.5 Å². The van der Waals surface area contributed by atoms with Crippen LogP contribution < -0.4 is 5.32 Å². The zero-order valence-electron chi connectivity index (χ0n) is 9.01. The monoisotopic (exact) mass is 229 g/mol. The summed E-state index contributed by atoms with van der Waals surface area (Å²) in [4.78, 5) is 23.3. The first-order valence-corrected chi connectivity index (χ1v) is 4.82. The molecule has 0 heterocycles.